The van der Waals surface area contributed by atoms with Gasteiger partial charge in [0.05, 0.1) is 5.03 Å². The summed E-state index contributed by atoms with van der Waals surface area (Å²) in [4.78, 5) is 7.47. The SMILES string of the molecule is c1ccc(CN2CCCC[C@H]2c2ccc(SC3CCCCC3)nc2)cc1. The van der Waals surface area contributed by atoms with Gasteiger partial charge in [-0.3, -0.25) is 4.90 Å². The van der Waals surface area contributed by atoms with E-state index in [4.69, 9.17) is 4.98 Å². The van der Waals surface area contributed by atoms with Crippen LogP contribution in [0.25, 0.3) is 0 Å². The smallest absolute Gasteiger partial charge is 0.0962 e. The molecule has 138 valence electrons. The third-order valence-electron chi connectivity index (χ3n) is 5.83. The molecule has 1 aliphatic heterocycles. The van der Waals surface area contributed by atoms with Gasteiger partial charge < -0.3 is 0 Å². The number of piperidine rings is 1. The fourth-order valence-corrected chi connectivity index (χ4v) is 5.56. The maximum absolute atomic E-state index is 4.83. The summed E-state index contributed by atoms with van der Waals surface area (Å²) in [5.41, 5.74) is 2.81. The molecule has 0 spiro atoms. The maximum Gasteiger partial charge on any atom is 0.0962 e. The van der Waals surface area contributed by atoms with Crippen LogP contribution in [0, 0.1) is 0 Å². The lowest BCUT2D eigenvalue weighted by Crippen LogP contribution is -2.33. The van der Waals surface area contributed by atoms with E-state index in [1.807, 2.05) is 11.8 Å². The minimum Gasteiger partial charge on any atom is -0.292 e. The van der Waals surface area contributed by atoms with Crippen LogP contribution < -0.4 is 0 Å². The Kier molecular flexibility index (Phi) is 6.29. The van der Waals surface area contributed by atoms with Crippen molar-refractivity contribution in [3.8, 4) is 0 Å². The fourth-order valence-electron chi connectivity index (χ4n) is 4.39. The highest BCUT2D eigenvalue weighted by Gasteiger charge is 2.24. The molecule has 3 heteroatoms. The minimum atomic E-state index is 0.519. The summed E-state index contributed by atoms with van der Waals surface area (Å²) in [6.45, 7) is 2.24. The van der Waals surface area contributed by atoms with Crippen LogP contribution in [0.2, 0.25) is 0 Å². The van der Waals surface area contributed by atoms with Gasteiger partial charge in [-0.05, 0) is 49.4 Å². The number of hydrogen-bond acceptors (Lipinski definition) is 3. The van der Waals surface area contributed by atoms with E-state index in [9.17, 15) is 0 Å². The molecule has 2 nitrogen and oxygen atoms in total. The number of aromatic nitrogens is 1. The second-order valence-corrected chi connectivity index (χ2v) is 9.10. The molecule has 2 aromatic rings. The highest BCUT2D eigenvalue weighted by molar-refractivity contribution is 7.99. The molecule has 2 aliphatic rings. The molecular formula is C23H30N2S. The van der Waals surface area contributed by atoms with Gasteiger partial charge in [0.1, 0.15) is 0 Å². The van der Waals surface area contributed by atoms with Crippen LogP contribution >= 0.6 is 11.8 Å². The van der Waals surface area contributed by atoms with Gasteiger partial charge in [0, 0.05) is 24.0 Å². The van der Waals surface area contributed by atoms with Gasteiger partial charge in [0.15, 0.2) is 0 Å². The van der Waals surface area contributed by atoms with Crippen LogP contribution in [0.4, 0.5) is 0 Å². The van der Waals surface area contributed by atoms with Gasteiger partial charge in [-0.15, -0.1) is 11.8 Å². The Balaban J connectivity index is 1.42. The Morgan fingerprint density at radius 2 is 1.69 bits per heavy atom. The molecule has 1 saturated carbocycles. The fraction of sp³-hybridized carbons (Fsp3) is 0.522. The van der Waals surface area contributed by atoms with Crippen molar-refractivity contribution in [3.63, 3.8) is 0 Å². The number of nitrogens with zero attached hydrogens (tertiary/aromatic N) is 2. The van der Waals surface area contributed by atoms with E-state index in [2.05, 4.69) is 53.6 Å². The highest BCUT2D eigenvalue weighted by Crippen LogP contribution is 2.35. The molecule has 0 radical (unpaired) electrons. The van der Waals surface area contributed by atoms with Crippen LogP contribution in [0.3, 0.4) is 0 Å². The number of benzene rings is 1. The second kappa shape index (κ2) is 9.05. The minimum absolute atomic E-state index is 0.519. The normalized spacial score (nSPS) is 22.4. The summed E-state index contributed by atoms with van der Waals surface area (Å²) in [6, 6.07) is 16.0. The second-order valence-electron chi connectivity index (χ2n) is 7.78. The standard InChI is InChI=1S/C23H30N2S/c1-3-9-19(10-4-1)18-25-16-8-7-13-22(25)20-14-15-23(24-17-20)26-21-11-5-2-6-12-21/h1,3-4,9-10,14-15,17,21-22H,2,5-8,11-13,16,18H2/t22-/m0/s1. The quantitative estimate of drug-likeness (QED) is 0.623. The summed E-state index contributed by atoms with van der Waals surface area (Å²) < 4.78 is 0. The van der Waals surface area contributed by atoms with E-state index < -0.39 is 0 Å². The lowest BCUT2D eigenvalue weighted by Gasteiger charge is -2.36. The van der Waals surface area contributed by atoms with E-state index in [1.165, 1.54) is 74.1 Å². The van der Waals surface area contributed by atoms with Crippen molar-refractivity contribution in [2.45, 2.75) is 74.2 Å². The lowest BCUT2D eigenvalue weighted by molar-refractivity contribution is 0.140. The highest BCUT2D eigenvalue weighted by atomic mass is 32.2. The average molecular weight is 367 g/mol. The molecule has 1 aliphatic carbocycles. The van der Waals surface area contributed by atoms with Crippen LogP contribution in [0.5, 0.6) is 0 Å². The number of pyridine rings is 1. The molecule has 2 heterocycles. The molecule has 2 fully saturated rings. The molecule has 0 amide bonds. The molecule has 1 aromatic heterocycles. The van der Waals surface area contributed by atoms with Crippen molar-refractivity contribution in [2.24, 2.45) is 0 Å². The summed E-state index contributed by atoms with van der Waals surface area (Å²) >= 11 is 2.00. The Bertz CT molecular complexity index is 664. The van der Waals surface area contributed by atoms with Crippen LogP contribution in [0.15, 0.2) is 53.7 Å². The molecule has 26 heavy (non-hydrogen) atoms. The summed E-state index contributed by atoms with van der Waals surface area (Å²) in [7, 11) is 0. The predicted octanol–water partition coefficient (Wildman–Crippen LogP) is 6.23. The molecule has 1 saturated heterocycles. The first-order valence-corrected chi connectivity index (χ1v) is 11.2. The monoisotopic (exact) mass is 366 g/mol. The molecule has 0 N–H and O–H groups in total. The third-order valence-corrected chi connectivity index (χ3v) is 7.11. The van der Waals surface area contributed by atoms with Crippen molar-refractivity contribution in [1.29, 1.82) is 0 Å². The maximum atomic E-state index is 4.83. The van der Waals surface area contributed by atoms with E-state index in [1.54, 1.807) is 0 Å². The van der Waals surface area contributed by atoms with E-state index >= 15 is 0 Å². The van der Waals surface area contributed by atoms with Gasteiger partial charge in [0.25, 0.3) is 0 Å². The molecule has 1 aromatic carbocycles. The van der Waals surface area contributed by atoms with Crippen molar-refractivity contribution < 1.29 is 0 Å². The largest absolute Gasteiger partial charge is 0.292 e. The zero-order valence-electron chi connectivity index (χ0n) is 15.6. The first-order valence-electron chi connectivity index (χ1n) is 10.3. The predicted molar refractivity (Wildman–Crippen MR) is 110 cm³/mol. The Hall–Kier alpha value is -1.32. The van der Waals surface area contributed by atoms with Crippen LogP contribution in [0.1, 0.15) is 68.5 Å². The first-order chi connectivity index (χ1) is 12.9. The number of hydrogen-bond donors (Lipinski definition) is 0. The van der Waals surface area contributed by atoms with Gasteiger partial charge >= 0.3 is 0 Å². The van der Waals surface area contributed by atoms with Gasteiger partial charge in [0.2, 0.25) is 0 Å². The van der Waals surface area contributed by atoms with Crippen molar-refractivity contribution >= 4 is 11.8 Å². The van der Waals surface area contributed by atoms with Crippen molar-refractivity contribution in [1.82, 2.24) is 9.88 Å². The van der Waals surface area contributed by atoms with Crippen molar-refractivity contribution in [3.05, 3.63) is 59.8 Å². The van der Waals surface area contributed by atoms with Gasteiger partial charge in [-0.2, -0.15) is 0 Å². The molecular weight excluding hydrogens is 336 g/mol. The molecule has 0 bridgehead atoms. The Morgan fingerprint density at radius 1 is 0.885 bits per heavy atom. The van der Waals surface area contributed by atoms with Gasteiger partial charge in [-0.25, -0.2) is 4.98 Å². The van der Waals surface area contributed by atoms with Crippen LogP contribution in [-0.4, -0.2) is 21.7 Å². The Labute approximate surface area is 162 Å². The lowest BCUT2D eigenvalue weighted by atomic mass is 9.96. The van der Waals surface area contributed by atoms with E-state index in [0.717, 1.165) is 11.8 Å². The van der Waals surface area contributed by atoms with E-state index in [0.29, 0.717) is 6.04 Å². The first kappa shape index (κ1) is 18.1. The average Bonchev–Trinajstić information content (AvgIpc) is 2.71. The van der Waals surface area contributed by atoms with Gasteiger partial charge in [-0.1, -0.05) is 62.1 Å². The summed E-state index contributed by atoms with van der Waals surface area (Å²) in [6.07, 6.45) is 13.0. The number of thioether (sulfide) groups is 1. The zero-order valence-corrected chi connectivity index (χ0v) is 16.5. The Morgan fingerprint density at radius 3 is 2.46 bits per heavy atom. The number of rotatable bonds is 5. The van der Waals surface area contributed by atoms with Crippen molar-refractivity contribution in [2.75, 3.05) is 6.54 Å². The number of likely N-dealkylation sites (tertiary alicyclic amines) is 1. The molecule has 4 rings (SSSR count). The topological polar surface area (TPSA) is 16.1 Å². The zero-order chi connectivity index (χ0) is 17.6. The molecule has 0 unspecified atom stereocenters. The van der Waals surface area contributed by atoms with Crippen LogP contribution in [-0.2, 0) is 6.54 Å². The third kappa shape index (κ3) is 4.69. The van der Waals surface area contributed by atoms with E-state index in [-0.39, 0.29) is 0 Å². The molecule has 1 atom stereocenters. The summed E-state index contributed by atoms with van der Waals surface area (Å²) in [5.74, 6) is 0. The summed E-state index contributed by atoms with van der Waals surface area (Å²) in [5, 5.41) is 2.00.